The van der Waals surface area contributed by atoms with Crippen molar-refractivity contribution in [2.75, 3.05) is 6.54 Å². The minimum Gasteiger partial charge on any atom is -0.488 e. The Labute approximate surface area is 213 Å². The molecule has 0 aliphatic heterocycles. The molecule has 0 aliphatic rings. The molecule has 0 saturated carbocycles. The summed E-state index contributed by atoms with van der Waals surface area (Å²) in [7, 11) is 0. The number of hydrogen-bond donors (Lipinski definition) is 1. The number of aromatic nitrogens is 1. The van der Waals surface area contributed by atoms with E-state index < -0.39 is 0 Å². The molecule has 0 fully saturated rings. The maximum atomic E-state index is 9.15. The Kier molecular flexibility index (Phi) is 8.33. The van der Waals surface area contributed by atoms with Crippen molar-refractivity contribution < 1.29 is 9.47 Å². The first-order valence-corrected chi connectivity index (χ1v) is 12.2. The zero-order valence-electron chi connectivity index (χ0n) is 21.0. The van der Waals surface area contributed by atoms with Gasteiger partial charge in [0.05, 0.1) is 5.56 Å². The van der Waals surface area contributed by atoms with Gasteiger partial charge in [-0.15, -0.1) is 0 Å². The third-order valence-electron chi connectivity index (χ3n) is 6.16. The van der Waals surface area contributed by atoms with E-state index in [0.717, 1.165) is 40.3 Å². The van der Waals surface area contributed by atoms with E-state index in [2.05, 4.69) is 85.7 Å². The molecule has 0 bridgehead atoms. The van der Waals surface area contributed by atoms with Crippen LogP contribution in [0.3, 0.4) is 0 Å². The van der Waals surface area contributed by atoms with Crippen molar-refractivity contribution in [3.05, 3.63) is 113 Å². The second-order valence-corrected chi connectivity index (χ2v) is 8.73. The molecule has 0 saturated heterocycles. The number of nitrogens with one attached hydrogen (secondary N) is 1. The maximum absolute atomic E-state index is 9.15. The van der Waals surface area contributed by atoms with Crippen molar-refractivity contribution >= 4 is 0 Å². The van der Waals surface area contributed by atoms with Crippen LogP contribution >= 0.6 is 0 Å². The van der Waals surface area contributed by atoms with Gasteiger partial charge in [0.15, 0.2) is 0 Å². The lowest BCUT2D eigenvalue weighted by Gasteiger charge is -2.18. The Morgan fingerprint density at radius 3 is 2.44 bits per heavy atom. The number of rotatable bonds is 10. The van der Waals surface area contributed by atoms with Gasteiger partial charge in [-0.05, 0) is 60.3 Å². The first kappa shape index (κ1) is 25.0. The van der Waals surface area contributed by atoms with E-state index in [1.54, 1.807) is 18.5 Å². The second kappa shape index (κ2) is 12.0. The maximum Gasteiger partial charge on any atom is 0.128 e. The third-order valence-corrected chi connectivity index (χ3v) is 6.16. The fourth-order valence-electron chi connectivity index (χ4n) is 4.13. The number of nitriles is 1. The normalized spacial score (nSPS) is 10.6. The molecular formula is C31H31N3O2. The fraction of sp³-hybridized carbons (Fsp3) is 0.226. The molecule has 4 rings (SSSR count). The summed E-state index contributed by atoms with van der Waals surface area (Å²) in [5.41, 5.74) is 8.26. The molecule has 0 radical (unpaired) electrons. The highest BCUT2D eigenvalue weighted by molar-refractivity contribution is 5.68. The van der Waals surface area contributed by atoms with E-state index in [1.165, 1.54) is 16.7 Å². The molecule has 1 aromatic heterocycles. The summed E-state index contributed by atoms with van der Waals surface area (Å²) in [6.07, 6.45) is 3.27. The molecule has 3 aromatic carbocycles. The first-order chi connectivity index (χ1) is 17.6. The number of hydrogen-bond acceptors (Lipinski definition) is 5. The SMILES string of the molecule is CCNCc1cc(C)c(OCc2cccc(-c3ccccc3)c2C)cc1OCc1cncc(C#N)c1. The van der Waals surface area contributed by atoms with Crippen LogP contribution in [0.1, 0.15) is 40.3 Å². The first-order valence-electron chi connectivity index (χ1n) is 12.2. The van der Waals surface area contributed by atoms with E-state index in [9.17, 15) is 0 Å². The van der Waals surface area contributed by atoms with E-state index in [0.29, 0.717) is 25.3 Å². The number of aryl methyl sites for hydroxylation is 1. The van der Waals surface area contributed by atoms with Crippen LogP contribution in [-0.2, 0) is 19.8 Å². The Morgan fingerprint density at radius 2 is 1.67 bits per heavy atom. The van der Waals surface area contributed by atoms with Gasteiger partial charge in [0, 0.05) is 36.1 Å². The second-order valence-electron chi connectivity index (χ2n) is 8.73. The molecule has 1 heterocycles. The van der Waals surface area contributed by atoms with Crippen molar-refractivity contribution in [3.63, 3.8) is 0 Å². The summed E-state index contributed by atoms with van der Waals surface area (Å²) in [6.45, 7) is 8.63. The number of benzene rings is 3. The zero-order valence-corrected chi connectivity index (χ0v) is 21.0. The molecule has 0 atom stereocenters. The van der Waals surface area contributed by atoms with Gasteiger partial charge in [-0.1, -0.05) is 55.5 Å². The minimum atomic E-state index is 0.322. The van der Waals surface area contributed by atoms with Crippen LogP contribution in [0.25, 0.3) is 11.1 Å². The van der Waals surface area contributed by atoms with Gasteiger partial charge in [-0.3, -0.25) is 4.98 Å². The van der Waals surface area contributed by atoms with Crippen LogP contribution in [-0.4, -0.2) is 11.5 Å². The fourth-order valence-corrected chi connectivity index (χ4v) is 4.13. The Hall–Kier alpha value is -4.14. The molecule has 0 aliphatic carbocycles. The Balaban J connectivity index is 1.55. The lowest BCUT2D eigenvalue weighted by Crippen LogP contribution is -2.13. The van der Waals surface area contributed by atoms with Crippen LogP contribution in [0.2, 0.25) is 0 Å². The topological polar surface area (TPSA) is 67.2 Å². The van der Waals surface area contributed by atoms with Crippen molar-refractivity contribution in [3.8, 4) is 28.7 Å². The minimum absolute atomic E-state index is 0.322. The Morgan fingerprint density at radius 1 is 0.861 bits per heavy atom. The molecular weight excluding hydrogens is 446 g/mol. The van der Waals surface area contributed by atoms with Crippen LogP contribution in [0.5, 0.6) is 11.5 Å². The number of nitrogens with zero attached hydrogens (tertiary/aromatic N) is 2. The Bertz CT molecular complexity index is 1360. The molecule has 1 N–H and O–H groups in total. The van der Waals surface area contributed by atoms with Gasteiger partial charge in [0.2, 0.25) is 0 Å². The highest BCUT2D eigenvalue weighted by Crippen LogP contribution is 2.31. The number of ether oxygens (including phenoxy) is 2. The average Bonchev–Trinajstić information content (AvgIpc) is 2.91. The summed E-state index contributed by atoms with van der Waals surface area (Å²) >= 11 is 0. The van der Waals surface area contributed by atoms with Crippen LogP contribution in [0.15, 0.2) is 79.1 Å². The molecule has 0 spiro atoms. The largest absolute Gasteiger partial charge is 0.488 e. The van der Waals surface area contributed by atoms with Gasteiger partial charge in [0.25, 0.3) is 0 Å². The van der Waals surface area contributed by atoms with Gasteiger partial charge in [-0.2, -0.15) is 5.26 Å². The van der Waals surface area contributed by atoms with Gasteiger partial charge in [-0.25, -0.2) is 0 Å². The van der Waals surface area contributed by atoms with Crippen LogP contribution < -0.4 is 14.8 Å². The quantitative estimate of drug-likeness (QED) is 0.282. The molecule has 5 heteroatoms. The van der Waals surface area contributed by atoms with Gasteiger partial charge >= 0.3 is 0 Å². The monoisotopic (exact) mass is 477 g/mol. The van der Waals surface area contributed by atoms with E-state index in [1.807, 2.05) is 12.1 Å². The van der Waals surface area contributed by atoms with Crippen molar-refractivity contribution in [2.45, 2.75) is 40.5 Å². The van der Waals surface area contributed by atoms with Crippen LogP contribution in [0.4, 0.5) is 0 Å². The van der Waals surface area contributed by atoms with Gasteiger partial charge < -0.3 is 14.8 Å². The molecule has 5 nitrogen and oxygen atoms in total. The third kappa shape index (κ3) is 6.10. The van der Waals surface area contributed by atoms with Crippen LogP contribution in [0, 0.1) is 25.2 Å². The molecule has 36 heavy (non-hydrogen) atoms. The van der Waals surface area contributed by atoms with E-state index >= 15 is 0 Å². The molecule has 182 valence electrons. The summed E-state index contributed by atoms with van der Waals surface area (Å²) in [5, 5.41) is 12.5. The predicted molar refractivity (Wildman–Crippen MR) is 143 cm³/mol. The smallest absolute Gasteiger partial charge is 0.128 e. The zero-order chi connectivity index (χ0) is 25.3. The number of pyridine rings is 1. The van der Waals surface area contributed by atoms with Crippen molar-refractivity contribution in [1.82, 2.24) is 10.3 Å². The van der Waals surface area contributed by atoms with E-state index in [-0.39, 0.29) is 0 Å². The predicted octanol–water partition coefficient (Wildman–Crippen LogP) is 6.50. The average molecular weight is 478 g/mol. The molecule has 4 aromatic rings. The van der Waals surface area contributed by atoms with Gasteiger partial charge in [0.1, 0.15) is 30.8 Å². The summed E-state index contributed by atoms with van der Waals surface area (Å²) in [6, 6.07) is 24.8. The molecule has 0 unspecified atom stereocenters. The van der Waals surface area contributed by atoms with Crippen molar-refractivity contribution in [2.24, 2.45) is 0 Å². The standard InChI is InChI=1S/C31H31N3O2/c1-4-33-19-28-13-22(2)30(15-31(28)35-20-25-14-24(16-32)17-34-18-25)36-21-27-11-8-12-29(23(27)3)26-9-6-5-7-10-26/h5-15,17-18,33H,4,19-21H2,1-3H3. The summed E-state index contributed by atoms with van der Waals surface area (Å²) in [4.78, 5) is 4.13. The summed E-state index contributed by atoms with van der Waals surface area (Å²) in [5.74, 6) is 1.55. The summed E-state index contributed by atoms with van der Waals surface area (Å²) < 4.78 is 12.5. The lowest BCUT2D eigenvalue weighted by molar-refractivity contribution is 0.285. The van der Waals surface area contributed by atoms with Crippen molar-refractivity contribution in [1.29, 1.82) is 5.26 Å². The lowest BCUT2D eigenvalue weighted by atomic mass is 9.97. The molecule has 0 amide bonds. The van der Waals surface area contributed by atoms with E-state index in [4.69, 9.17) is 14.7 Å². The highest BCUT2D eigenvalue weighted by atomic mass is 16.5. The highest BCUT2D eigenvalue weighted by Gasteiger charge is 2.12.